The molecule has 1 aliphatic heterocycles. The Bertz CT molecular complexity index is 614. The molecule has 0 amide bonds. The molecule has 2 atom stereocenters. The second kappa shape index (κ2) is 4.53. The van der Waals surface area contributed by atoms with Crippen LogP contribution in [0.5, 0.6) is 0 Å². The summed E-state index contributed by atoms with van der Waals surface area (Å²) in [6.45, 7) is 6.62. The largest absolute Gasteiger partial charge is 0.397 e. The number of nitrogens with one attached hydrogen (secondary N) is 1. The van der Waals surface area contributed by atoms with Gasteiger partial charge >= 0.3 is 0 Å². The lowest BCUT2D eigenvalue weighted by Gasteiger charge is -2.29. The van der Waals surface area contributed by atoms with Crippen LogP contribution in [0.25, 0.3) is 11.0 Å². The summed E-state index contributed by atoms with van der Waals surface area (Å²) in [4.78, 5) is 4.50. The highest BCUT2D eigenvalue weighted by molar-refractivity contribution is 5.88. The van der Waals surface area contributed by atoms with Crippen LogP contribution in [-0.2, 0) is 7.05 Å². The van der Waals surface area contributed by atoms with Crippen LogP contribution in [0, 0.1) is 12.8 Å². The predicted octanol–water partition coefficient (Wildman–Crippen LogP) is 2.18. The summed E-state index contributed by atoms with van der Waals surface area (Å²) >= 11 is 0. The molecule has 0 saturated carbocycles. The first kappa shape index (κ1) is 12.5. The Morgan fingerprint density at radius 2 is 2.26 bits per heavy atom. The number of anilines is 1. The van der Waals surface area contributed by atoms with Crippen LogP contribution in [-0.4, -0.2) is 22.6 Å². The summed E-state index contributed by atoms with van der Waals surface area (Å²) in [6, 6.07) is 0. The van der Waals surface area contributed by atoms with Gasteiger partial charge in [0.05, 0.1) is 11.9 Å². The topological polar surface area (TPSA) is 55.9 Å². The van der Waals surface area contributed by atoms with Crippen molar-refractivity contribution in [3.8, 4) is 0 Å². The second-order valence-electron chi connectivity index (χ2n) is 5.81. The highest BCUT2D eigenvalue weighted by Gasteiger charge is 2.26. The summed E-state index contributed by atoms with van der Waals surface area (Å²) in [6.07, 6.45) is 5.21. The molecule has 2 aromatic rings. The van der Waals surface area contributed by atoms with E-state index in [4.69, 9.17) is 5.73 Å². The molecule has 4 nitrogen and oxygen atoms in total. The number of rotatable bonds is 1. The quantitative estimate of drug-likeness (QED) is 0.824. The van der Waals surface area contributed by atoms with Gasteiger partial charge in [0.2, 0.25) is 0 Å². The van der Waals surface area contributed by atoms with Gasteiger partial charge < -0.3 is 15.6 Å². The lowest BCUT2D eigenvalue weighted by molar-refractivity contribution is 0.351. The molecule has 4 heteroatoms. The van der Waals surface area contributed by atoms with Gasteiger partial charge in [-0.05, 0) is 49.4 Å². The smallest absolute Gasteiger partial charge is 0.140 e. The third kappa shape index (κ3) is 1.91. The first-order valence-corrected chi connectivity index (χ1v) is 7.00. The summed E-state index contributed by atoms with van der Waals surface area (Å²) in [5, 5.41) is 4.73. The maximum Gasteiger partial charge on any atom is 0.140 e. The van der Waals surface area contributed by atoms with Crippen LogP contribution >= 0.6 is 0 Å². The number of hydrogen-bond acceptors (Lipinski definition) is 3. The zero-order chi connectivity index (χ0) is 13.6. The zero-order valence-electron chi connectivity index (χ0n) is 11.9. The number of nitrogen functional groups attached to an aromatic ring is 1. The number of piperidine rings is 1. The van der Waals surface area contributed by atoms with Crippen molar-refractivity contribution >= 4 is 16.7 Å². The van der Waals surface area contributed by atoms with Crippen LogP contribution < -0.4 is 11.1 Å². The lowest BCUT2D eigenvalue weighted by Crippen LogP contribution is -2.33. The van der Waals surface area contributed by atoms with E-state index >= 15 is 0 Å². The molecule has 0 aromatic carbocycles. The molecule has 0 bridgehead atoms. The number of fused-ring (bicyclic) bond motifs is 1. The molecular formula is C15H22N4. The minimum Gasteiger partial charge on any atom is -0.397 e. The third-order valence-corrected chi connectivity index (χ3v) is 4.50. The minimum absolute atomic E-state index is 0.604. The molecule has 3 rings (SSSR count). The number of aromatic nitrogens is 2. The van der Waals surface area contributed by atoms with Crippen LogP contribution in [0.3, 0.4) is 0 Å². The zero-order valence-corrected chi connectivity index (χ0v) is 11.9. The minimum atomic E-state index is 0.604. The molecule has 1 saturated heterocycles. The molecule has 0 aliphatic carbocycles. The van der Waals surface area contributed by atoms with Gasteiger partial charge in [-0.2, -0.15) is 0 Å². The molecule has 102 valence electrons. The Labute approximate surface area is 114 Å². The molecule has 2 aromatic heterocycles. The van der Waals surface area contributed by atoms with Crippen molar-refractivity contribution in [1.29, 1.82) is 0 Å². The van der Waals surface area contributed by atoms with Crippen molar-refractivity contribution in [2.45, 2.75) is 26.2 Å². The van der Waals surface area contributed by atoms with Gasteiger partial charge in [0.25, 0.3) is 0 Å². The fourth-order valence-electron chi connectivity index (χ4n) is 3.31. The van der Waals surface area contributed by atoms with E-state index < -0.39 is 0 Å². The van der Waals surface area contributed by atoms with Gasteiger partial charge in [-0.1, -0.05) is 6.92 Å². The third-order valence-electron chi connectivity index (χ3n) is 4.50. The van der Waals surface area contributed by atoms with E-state index in [1.807, 2.05) is 0 Å². The first-order chi connectivity index (χ1) is 9.09. The molecular weight excluding hydrogens is 236 g/mol. The van der Waals surface area contributed by atoms with Gasteiger partial charge in [-0.25, -0.2) is 4.98 Å². The number of pyridine rings is 1. The average molecular weight is 258 g/mol. The van der Waals surface area contributed by atoms with E-state index in [9.17, 15) is 0 Å². The summed E-state index contributed by atoms with van der Waals surface area (Å²) in [5.41, 5.74) is 10.5. The summed E-state index contributed by atoms with van der Waals surface area (Å²) in [7, 11) is 2.07. The standard InChI is InChI=1S/C15H22N4/c1-9-6-17-5-4-11(9)12-8-19(3)15-14(12)10(2)13(16)7-18-15/h7-9,11,17H,4-6,16H2,1-3H3/t9-,11+/m0/s1. The number of hydrogen-bond donors (Lipinski definition) is 2. The monoisotopic (exact) mass is 258 g/mol. The van der Waals surface area contributed by atoms with Gasteiger partial charge in [0.15, 0.2) is 0 Å². The van der Waals surface area contributed by atoms with Crippen molar-refractivity contribution < 1.29 is 0 Å². The highest BCUT2D eigenvalue weighted by atomic mass is 15.0. The van der Waals surface area contributed by atoms with E-state index in [0.717, 1.165) is 24.4 Å². The normalized spacial score (nSPS) is 23.9. The maximum absolute atomic E-state index is 6.04. The molecule has 0 radical (unpaired) electrons. The van der Waals surface area contributed by atoms with Crippen LogP contribution in [0.1, 0.15) is 30.4 Å². The van der Waals surface area contributed by atoms with E-state index in [1.54, 1.807) is 6.20 Å². The van der Waals surface area contributed by atoms with Gasteiger partial charge in [0, 0.05) is 18.6 Å². The molecule has 1 fully saturated rings. The fourth-order valence-corrected chi connectivity index (χ4v) is 3.31. The predicted molar refractivity (Wildman–Crippen MR) is 79.3 cm³/mol. The van der Waals surface area contributed by atoms with Gasteiger partial charge in [-0.15, -0.1) is 0 Å². The van der Waals surface area contributed by atoms with Crippen molar-refractivity contribution in [2.24, 2.45) is 13.0 Å². The van der Waals surface area contributed by atoms with E-state index in [1.165, 1.54) is 22.9 Å². The van der Waals surface area contributed by atoms with Crippen LogP contribution in [0.15, 0.2) is 12.4 Å². The van der Waals surface area contributed by atoms with Gasteiger partial charge in [-0.3, -0.25) is 0 Å². The first-order valence-electron chi connectivity index (χ1n) is 7.00. The Morgan fingerprint density at radius 1 is 1.47 bits per heavy atom. The molecule has 19 heavy (non-hydrogen) atoms. The fraction of sp³-hybridized carbons (Fsp3) is 0.533. The molecule has 3 N–H and O–H groups in total. The Hall–Kier alpha value is -1.55. The van der Waals surface area contributed by atoms with Crippen molar-refractivity contribution in [1.82, 2.24) is 14.9 Å². The van der Waals surface area contributed by atoms with Crippen LogP contribution in [0.2, 0.25) is 0 Å². The van der Waals surface area contributed by atoms with Crippen molar-refractivity contribution in [2.75, 3.05) is 18.8 Å². The lowest BCUT2D eigenvalue weighted by atomic mass is 9.82. The number of nitrogens with zero attached hydrogens (tertiary/aromatic N) is 2. The Morgan fingerprint density at radius 3 is 3.00 bits per heavy atom. The Kier molecular flexibility index (Phi) is 2.97. The second-order valence-corrected chi connectivity index (χ2v) is 5.81. The van der Waals surface area contributed by atoms with E-state index in [2.05, 4.69) is 42.0 Å². The number of aryl methyl sites for hydroxylation is 2. The SMILES string of the molecule is Cc1c(N)cnc2c1c([C@@H]1CCNC[C@@H]1C)cn2C. The van der Waals surface area contributed by atoms with Crippen LogP contribution in [0.4, 0.5) is 5.69 Å². The van der Waals surface area contributed by atoms with Crippen molar-refractivity contribution in [3.63, 3.8) is 0 Å². The van der Waals surface area contributed by atoms with Gasteiger partial charge in [0.1, 0.15) is 5.65 Å². The molecule has 3 heterocycles. The Balaban J connectivity index is 2.20. The molecule has 0 unspecified atom stereocenters. The van der Waals surface area contributed by atoms with Crippen molar-refractivity contribution in [3.05, 3.63) is 23.5 Å². The molecule has 0 spiro atoms. The van der Waals surface area contributed by atoms with E-state index in [-0.39, 0.29) is 0 Å². The maximum atomic E-state index is 6.04. The summed E-state index contributed by atoms with van der Waals surface area (Å²) in [5.74, 6) is 1.26. The number of nitrogens with two attached hydrogens (primary N) is 1. The highest BCUT2D eigenvalue weighted by Crippen LogP contribution is 2.37. The molecule has 1 aliphatic rings. The average Bonchev–Trinajstić information content (AvgIpc) is 2.72. The summed E-state index contributed by atoms with van der Waals surface area (Å²) < 4.78 is 2.13. The van der Waals surface area contributed by atoms with E-state index in [0.29, 0.717) is 11.8 Å².